The SMILES string of the molecule is Brc1cccc(-c2c3ccc4c(c3nc3c2ccc2ccccc23)C=CCC4)c1. The predicted octanol–water partition coefficient (Wildman–Crippen LogP) is 7.93. The molecule has 5 aromatic rings. The Morgan fingerprint density at radius 1 is 0.759 bits per heavy atom. The van der Waals surface area contributed by atoms with Crippen molar-refractivity contribution in [3.8, 4) is 11.1 Å². The molecule has 1 aliphatic rings. The summed E-state index contributed by atoms with van der Waals surface area (Å²) in [6.07, 6.45) is 6.72. The molecule has 0 bridgehead atoms. The van der Waals surface area contributed by atoms with Gasteiger partial charge < -0.3 is 0 Å². The second-order valence-corrected chi connectivity index (χ2v) is 8.57. The van der Waals surface area contributed by atoms with Crippen LogP contribution >= 0.6 is 15.9 Å². The Bertz CT molecular complexity index is 1460. The number of aromatic nitrogens is 1. The number of fused-ring (bicyclic) bond motifs is 6. The summed E-state index contributed by atoms with van der Waals surface area (Å²) < 4.78 is 1.09. The molecule has 29 heavy (non-hydrogen) atoms. The highest BCUT2D eigenvalue weighted by Crippen LogP contribution is 2.40. The van der Waals surface area contributed by atoms with E-state index < -0.39 is 0 Å². The Morgan fingerprint density at radius 2 is 1.62 bits per heavy atom. The van der Waals surface area contributed by atoms with Crippen LogP contribution < -0.4 is 0 Å². The first-order valence-corrected chi connectivity index (χ1v) is 10.8. The van der Waals surface area contributed by atoms with Crippen LogP contribution in [0.15, 0.2) is 83.3 Å². The first-order valence-electron chi connectivity index (χ1n) is 9.99. The summed E-state index contributed by atoms with van der Waals surface area (Å²) in [5.41, 5.74) is 7.34. The van der Waals surface area contributed by atoms with Crippen molar-refractivity contribution in [3.05, 3.63) is 94.5 Å². The topological polar surface area (TPSA) is 12.9 Å². The minimum absolute atomic E-state index is 1.08. The molecule has 138 valence electrons. The van der Waals surface area contributed by atoms with Crippen molar-refractivity contribution in [1.29, 1.82) is 0 Å². The molecule has 0 amide bonds. The van der Waals surface area contributed by atoms with Gasteiger partial charge in [0.2, 0.25) is 0 Å². The number of halogens is 1. The third-order valence-corrected chi connectivity index (χ3v) is 6.44. The molecule has 0 saturated carbocycles. The zero-order valence-corrected chi connectivity index (χ0v) is 17.4. The molecule has 1 aliphatic carbocycles. The van der Waals surface area contributed by atoms with E-state index in [-0.39, 0.29) is 0 Å². The molecule has 0 saturated heterocycles. The molecule has 6 rings (SSSR count). The summed E-state index contributed by atoms with van der Waals surface area (Å²) >= 11 is 3.66. The molecule has 1 heterocycles. The normalized spacial score (nSPS) is 13.3. The average molecular weight is 436 g/mol. The Labute approximate surface area is 177 Å². The van der Waals surface area contributed by atoms with Gasteiger partial charge in [-0.05, 0) is 41.5 Å². The molecule has 0 N–H and O–H groups in total. The molecule has 2 heteroatoms. The fraction of sp³-hybridized carbons (Fsp3) is 0.0741. The van der Waals surface area contributed by atoms with E-state index in [1.807, 2.05) is 0 Å². The Morgan fingerprint density at radius 3 is 2.55 bits per heavy atom. The van der Waals surface area contributed by atoms with Gasteiger partial charge in [-0.1, -0.05) is 88.7 Å². The van der Waals surface area contributed by atoms with Crippen LogP contribution in [-0.4, -0.2) is 4.98 Å². The number of benzene rings is 4. The number of pyridine rings is 1. The molecular formula is C27H18BrN. The molecule has 0 spiro atoms. The highest BCUT2D eigenvalue weighted by molar-refractivity contribution is 9.10. The van der Waals surface area contributed by atoms with E-state index in [0.29, 0.717) is 0 Å². The Kier molecular flexibility index (Phi) is 3.82. The van der Waals surface area contributed by atoms with E-state index in [9.17, 15) is 0 Å². The lowest BCUT2D eigenvalue weighted by Crippen LogP contribution is -1.98. The maximum absolute atomic E-state index is 5.26. The summed E-state index contributed by atoms with van der Waals surface area (Å²) in [5.74, 6) is 0. The monoisotopic (exact) mass is 435 g/mol. The van der Waals surface area contributed by atoms with Crippen molar-refractivity contribution in [2.45, 2.75) is 12.8 Å². The first kappa shape index (κ1) is 16.9. The van der Waals surface area contributed by atoms with Crippen molar-refractivity contribution in [3.63, 3.8) is 0 Å². The molecule has 1 nitrogen and oxygen atoms in total. The van der Waals surface area contributed by atoms with Gasteiger partial charge in [-0.3, -0.25) is 0 Å². The minimum Gasteiger partial charge on any atom is -0.246 e. The number of allylic oxidation sites excluding steroid dienone is 1. The van der Waals surface area contributed by atoms with Crippen LogP contribution in [0, 0.1) is 0 Å². The number of rotatable bonds is 1. The fourth-order valence-corrected chi connectivity index (χ4v) is 5.00. The van der Waals surface area contributed by atoms with E-state index >= 15 is 0 Å². The number of nitrogens with zero attached hydrogens (tertiary/aromatic N) is 1. The highest BCUT2D eigenvalue weighted by Gasteiger charge is 2.17. The lowest BCUT2D eigenvalue weighted by atomic mass is 9.89. The van der Waals surface area contributed by atoms with Gasteiger partial charge in [-0.15, -0.1) is 0 Å². The van der Waals surface area contributed by atoms with Crippen LogP contribution in [0.4, 0.5) is 0 Å². The molecule has 0 radical (unpaired) electrons. The molecule has 1 aromatic heterocycles. The van der Waals surface area contributed by atoms with Crippen molar-refractivity contribution in [1.82, 2.24) is 4.98 Å². The van der Waals surface area contributed by atoms with Gasteiger partial charge in [0.15, 0.2) is 0 Å². The van der Waals surface area contributed by atoms with Crippen LogP contribution in [0.2, 0.25) is 0 Å². The summed E-state index contributed by atoms with van der Waals surface area (Å²) in [7, 11) is 0. The number of aryl methyl sites for hydroxylation is 1. The molecule has 4 aromatic carbocycles. The van der Waals surface area contributed by atoms with Gasteiger partial charge in [-0.25, -0.2) is 4.98 Å². The lowest BCUT2D eigenvalue weighted by molar-refractivity contribution is 0.988. The van der Waals surface area contributed by atoms with E-state index in [4.69, 9.17) is 4.98 Å². The van der Waals surface area contributed by atoms with Crippen LogP contribution in [0.5, 0.6) is 0 Å². The van der Waals surface area contributed by atoms with E-state index in [2.05, 4.69) is 101 Å². The van der Waals surface area contributed by atoms with Gasteiger partial charge in [0, 0.05) is 31.8 Å². The Hall–Kier alpha value is -2.97. The zero-order valence-electron chi connectivity index (χ0n) is 15.8. The maximum Gasteiger partial charge on any atom is 0.0794 e. The summed E-state index contributed by atoms with van der Waals surface area (Å²) in [6, 6.07) is 26.1. The predicted molar refractivity (Wildman–Crippen MR) is 127 cm³/mol. The lowest BCUT2D eigenvalue weighted by Gasteiger charge is -2.18. The standard InChI is InChI=1S/C27H18BrN/c28-20-9-5-8-19(16-20)25-23-14-12-17-6-1-3-10-21(17)26(23)29-27-22-11-4-2-7-18(22)13-15-24(25)27/h1,3-6,8-16H,2,7H2. The summed E-state index contributed by atoms with van der Waals surface area (Å²) in [5, 5.41) is 4.86. The highest BCUT2D eigenvalue weighted by atomic mass is 79.9. The second-order valence-electron chi connectivity index (χ2n) is 7.66. The summed E-state index contributed by atoms with van der Waals surface area (Å²) in [6.45, 7) is 0. The smallest absolute Gasteiger partial charge is 0.0794 e. The van der Waals surface area contributed by atoms with Crippen molar-refractivity contribution >= 4 is 54.6 Å². The van der Waals surface area contributed by atoms with Crippen LogP contribution in [0.25, 0.3) is 49.8 Å². The molecular weight excluding hydrogens is 418 g/mol. The van der Waals surface area contributed by atoms with Gasteiger partial charge in [-0.2, -0.15) is 0 Å². The van der Waals surface area contributed by atoms with Gasteiger partial charge in [0.25, 0.3) is 0 Å². The first-order chi connectivity index (χ1) is 14.3. The van der Waals surface area contributed by atoms with E-state index in [0.717, 1.165) is 28.3 Å². The molecule has 0 fully saturated rings. The number of hydrogen-bond acceptors (Lipinski definition) is 1. The molecule has 0 atom stereocenters. The van der Waals surface area contributed by atoms with Crippen molar-refractivity contribution in [2.24, 2.45) is 0 Å². The molecule has 0 unspecified atom stereocenters. The van der Waals surface area contributed by atoms with Crippen LogP contribution in [0.3, 0.4) is 0 Å². The van der Waals surface area contributed by atoms with Gasteiger partial charge in [0.05, 0.1) is 11.0 Å². The van der Waals surface area contributed by atoms with Crippen molar-refractivity contribution < 1.29 is 0 Å². The fourth-order valence-electron chi connectivity index (χ4n) is 4.61. The minimum atomic E-state index is 1.08. The van der Waals surface area contributed by atoms with Crippen LogP contribution in [0.1, 0.15) is 17.5 Å². The largest absolute Gasteiger partial charge is 0.246 e. The number of hydrogen-bond donors (Lipinski definition) is 0. The third-order valence-electron chi connectivity index (χ3n) is 5.95. The average Bonchev–Trinajstić information content (AvgIpc) is 2.77. The second kappa shape index (κ2) is 6.53. The van der Waals surface area contributed by atoms with Crippen molar-refractivity contribution in [2.75, 3.05) is 0 Å². The van der Waals surface area contributed by atoms with E-state index in [1.54, 1.807) is 0 Å². The van der Waals surface area contributed by atoms with Gasteiger partial charge >= 0.3 is 0 Å². The Balaban J connectivity index is 1.87. The quantitative estimate of drug-likeness (QED) is 0.192. The van der Waals surface area contributed by atoms with Crippen LogP contribution in [-0.2, 0) is 6.42 Å². The molecule has 0 aliphatic heterocycles. The van der Waals surface area contributed by atoms with E-state index in [1.165, 1.54) is 43.8 Å². The summed E-state index contributed by atoms with van der Waals surface area (Å²) in [4.78, 5) is 5.26. The maximum atomic E-state index is 5.26. The third kappa shape index (κ3) is 2.63. The zero-order chi connectivity index (χ0) is 19.4. The van der Waals surface area contributed by atoms with Gasteiger partial charge in [0.1, 0.15) is 0 Å².